The Morgan fingerprint density at radius 2 is 1.50 bits per heavy atom. The fourth-order valence-electron chi connectivity index (χ4n) is 3.61. The van der Waals surface area contributed by atoms with E-state index in [4.69, 9.17) is 9.15 Å². The maximum Gasteiger partial charge on any atom is 0.573 e. The zero-order valence-corrected chi connectivity index (χ0v) is 19.1. The molecule has 182 valence electrons. The van der Waals surface area contributed by atoms with Crippen LogP contribution in [0.25, 0.3) is 17.1 Å². The van der Waals surface area contributed by atoms with Crippen LogP contribution in [0.2, 0.25) is 0 Å². The first-order valence-corrected chi connectivity index (χ1v) is 11.0. The summed E-state index contributed by atoms with van der Waals surface area (Å²) in [5, 5.41) is 4.22. The molecule has 36 heavy (non-hydrogen) atoms. The smallest absolute Gasteiger partial charge is 0.457 e. The van der Waals surface area contributed by atoms with Crippen molar-refractivity contribution in [2.75, 3.05) is 0 Å². The van der Waals surface area contributed by atoms with Gasteiger partial charge in [-0.1, -0.05) is 12.1 Å². The van der Waals surface area contributed by atoms with Crippen LogP contribution in [0.15, 0.2) is 95.7 Å². The van der Waals surface area contributed by atoms with E-state index < -0.39 is 6.36 Å². The van der Waals surface area contributed by atoms with E-state index in [0.717, 1.165) is 28.3 Å². The van der Waals surface area contributed by atoms with Crippen LogP contribution < -0.4 is 9.47 Å². The molecule has 0 aliphatic rings. The average Bonchev–Trinajstić information content (AvgIpc) is 3.51. The Hall–Kier alpha value is -4.53. The van der Waals surface area contributed by atoms with E-state index in [2.05, 4.69) is 14.8 Å². The molecule has 6 nitrogen and oxygen atoms in total. The van der Waals surface area contributed by atoms with Crippen LogP contribution in [0, 0.1) is 6.92 Å². The summed E-state index contributed by atoms with van der Waals surface area (Å²) in [6.07, 6.45) is -0.552. The maximum atomic E-state index is 12.3. The first-order chi connectivity index (χ1) is 17.3. The Morgan fingerprint density at radius 1 is 0.861 bits per heavy atom. The zero-order chi connectivity index (χ0) is 25.1. The van der Waals surface area contributed by atoms with E-state index in [0.29, 0.717) is 23.8 Å². The highest BCUT2D eigenvalue weighted by Gasteiger charge is 2.31. The Balaban J connectivity index is 1.23. The normalized spacial score (nSPS) is 11.4. The molecule has 0 aliphatic heterocycles. The second-order valence-corrected chi connectivity index (χ2v) is 7.96. The van der Waals surface area contributed by atoms with Crippen LogP contribution in [0.4, 0.5) is 13.2 Å². The number of nitrogens with zero attached hydrogens (tertiary/aromatic N) is 3. The van der Waals surface area contributed by atoms with Crippen LogP contribution >= 0.6 is 0 Å². The minimum absolute atomic E-state index is 0.304. The van der Waals surface area contributed by atoms with Gasteiger partial charge in [0.2, 0.25) is 5.89 Å². The number of alkyl halides is 3. The topological polar surface area (TPSA) is 62.3 Å². The molecule has 0 saturated carbocycles. The summed E-state index contributed by atoms with van der Waals surface area (Å²) in [5.74, 6) is 1.93. The first-order valence-electron chi connectivity index (χ1n) is 11.0. The lowest BCUT2D eigenvalue weighted by atomic mass is 10.1. The van der Waals surface area contributed by atoms with E-state index in [9.17, 15) is 13.2 Å². The van der Waals surface area contributed by atoms with Crippen molar-refractivity contribution in [1.29, 1.82) is 0 Å². The van der Waals surface area contributed by atoms with Gasteiger partial charge in [0.1, 0.15) is 23.0 Å². The molecule has 5 aromatic rings. The summed E-state index contributed by atoms with van der Waals surface area (Å²) >= 11 is 0. The van der Waals surface area contributed by atoms with E-state index in [-0.39, 0.29) is 5.75 Å². The van der Waals surface area contributed by atoms with Crippen molar-refractivity contribution in [1.82, 2.24) is 14.8 Å². The molecule has 0 N–H and O–H groups in total. The van der Waals surface area contributed by atoms with E-state index in [1.54, 1.807) is 23.0 Å². The lowest BCUT2D eigenvalue weighted by molar-refractivity contribution is -0.274. The third-order valence-corrected chi connectivity index (χ3v) is 5.36. The van der Waals surface area contributed by atoms with Crippen molar-refractivity contribution in [3.8, 4) is 34.4 Å². The van der Waals surface area contributed by atoms with Crippen LogP contribution in [0.1, 0.15) is 17.0 Å². The number of benzene rings is 3. The minimum atomic E-state index is -4.73. The van der Waals surface area contributed by atoms with Crippen LogP contribution in [-0.4, -0.2) is 21.1 Å². The number of oxazole rings is 1. The highest BCUT2D eigenvalue weighted by atomic mass is 19.4. The van der Waals surface area contributed by atoms with Gasteiger partial charge in [-0.3, -0.25) is 0 Å². The van der Waals surface area contributed by atoms with Gasteiger partial charge in [0.25, 0.3) is 0 Å². The number of hydrogen-bond acceptors (Lipinski definition) is 5. The number of hydrogen-bond donors (Lipinski definition) is 0. The van der Waals surface area contributed by atoms with E-state index in [1.807, 2.05) is 55.6 Å². The third-order valence-electron chi connectivity index (χ3n) is 5.36. The summed E-state index contributed by atoms with van der Waals surface area (Å²) in [7, 11) is 0. The largest absolute Gasteiger partial charge is 0.573 e. The van der Waals surface area contributed by atoms with Crippen molar-refractivity contribution in [2.24, 2.45) is 0 Å². The molecule has 0 saturated heterocycles. The van der Waals surface area contributed by atoms with Crippen molar-refractivity contribution >= 4 is 0 Å². The molecular formula is C27H20F3N3O3. The standard InChI is InChI=1S/C27H20F3N3O3/c1-18-25(32-26(34-18)20-5-7-21(8-6-20)33-16-2-15-31-33)17-19-3-9-22(10-4-19)35-23-11-13-24(14-12-23)36-27(28,29)30/h2-16H,17H2,1H3. The third kappa shape index (κ3) is 5.57. The van der Waals surface area contributed by atoms with Gasteiger partial charge in [0.05, 0.1) is 11.4 Å². The summed E-state index contributed by atoms with van der Waals surface area (Å²) in [4.78, 5) is 4.68. The molecule has 0 radical (unpaired) electrons. The molecule has 2 aromatic heterocycles. The van der Waals surface area contributed by atoms with Crippen LogP contribution in [-0.2, 0) is 6.42 Å². The monoisotopic (exact) mass is 491 g/mol. The van der Waals surface area contributed by atoms with Crippen LogP contribution in [0.5, 0.6) is 17.2 Å². The average molecular weight is 491 g/mol. The second kappa shape index (κ2) is 9.61. The van der Waals surface area contributed by atoms with Crippen molar-refractivity contribution < 1.29 is 27.1 Å². The molecule has 0 bridgehead atoms. The molecule has 3 aromatic carbocycles. The first kappa shape index (κ1) is 23.2. The van der Waals surface area contributed by atoms with Crippen molar-refractivity contribution in [2.45, 2.75) is 19.7 Å². The number of rotatable bonds is 7. The van der Waals surface area contributed by atoms with Gasteiger partial charge in [0.15, 0.2) is 0 Å². The number of aromatic nitrogens is 3. The van der Waals surface area contributed by atoms with Gasteiger partial charge in [-0.25, -0.2) is 9.67 Å². The van der Waals surface area contributed by atoms with Gasteiger partial charge in [-0.2, -0.15) is 5.10 Å². The Morgan fingerprint density at radius 3 is 2.11 bits per heavy atom. The molecule has 2 heterocycles. The lowest BCUT2D eigenvalue weighted by Crippen LogP contribution is -2.16. The Bertz CT molecular complexity index is 1430. The van der Waals surface area contributed by atoms with Gasteiger partial charge in [0, 0.05) is 24.4 Å². The zero-order valence-electron chi connectivity index (χ0n) is 19.1. The molecule has 0 unspecified atom stereocenters. The predicted molar refractivity (Wildman–Crippen MR) is 126 cm³/mol. The van der Waals surface area contributed by atoms with E-state index >= 15 is 0 Å². The second-order valence-electron chi connectivity index (χ2n) is 7.96. The Labute approximate surface area is 204 Å². The summed E-state index contributed by atoms with van der Waals surface area (Å²) in [6, 6.07) is 22.3. The number of halogens is 3. The fraction of sp³-hybridized carbons (Fsp3) is 0.111. The van der Waals surface area contributed by atoms with Gasteiger partial charge in [-0.15, -0.1) is 13.2 Å². The predicted octanol–water partition coefficient (Wildman–Crippen LogP) is 7.12. The van der Waals surface area contributed by atoms with Crippen molar-refractivity contribution in [3.05, 3.63) is 108 Å². The van der Waals surface area contributed by atoms with Gasteiger partial charge >= 0.3 is 6.36 Å². The van der Waals surface area contributed by atoms with E-state index in [1.165, 1.54) is 24.3 Å². The molecule has 0 aliphatic carbocycles. The highest BCUT2D eigenvalue weighted by molar-refractivity contribution is 5.56. The molecule has 0 spiro atoms. The quantitative estimate of drug-likeness (QED) is 0.243. The molecule has 0 amide bonds. The van der Waals surface area contributed by atoms with Crippen molar-refractivity contribution in [3.63, 3.8) is 0 Å². The Kier molecular flexibility index (Phi) is 6.20. The summed E-state index contributed by atoms with van der Waals surface area (Å²) in [6.45, 7) is 1.88. The molecule has 0 atom stereocenters. The minimum Gasteiger partial charge on any atom is -0.457 e. The molecule has 0 fully saturated rings. The SMILES string of the molecule is Cc1oc(-c2ccc(-n3cccn3)cc2)nc1Cc1ccc(Oc2ccc(OC(F)(F)F)cc2)cc1. The van der Waals surface area contributed by atoms with Gasteiger partial charge < -0.3 is 13.9 Å². The highest BCUT2D eigenvalue weighted by Crippen LogP contribution is 2.28. The maximum absolute atomic E-state index is 12.3. The molecule has 9 heteroatoms. The summed E-state index contributed by atoms with van der Waals surface area (Å²) in [5.41, 5.74) is 3.65. The van der Waals surface area contributed by atoms with Gasteiger partial charge in [-0.05, 0) is 79.2 Å². The summed E-state index contributed by atoms with van der Waals surface area (Å²) < 4.78 is 54.1. The number of ether oxygens (including phenoxy) is 2. The van der Waals surface area contributed by atoms with Crippen LogP contribution in [0.3, 0.4) is 0 Å². The molecule has 5 rings (SSSR count). The fourth-order valence-corrected chi connectivity index (χ4v) is 3.61. The molecular weight excluding hydrogens is 471 g/mol. The lowest BCUT2D eigenvalue weighted by Gasteiger charge is -2.10. The number of aryl methyl sites for hydroxylation is 1.